The molecular formula is C32H46N6O7S. The number of nitrogens with one attached hydrogen (secondary N) is 3. The van der Waals surface area contributed by atoms with E-state index in [1.807, 2.05) is 13.8 Å². The highest BCUT2D eigenvalue weighted by molar-refractivity contribution is 7.82. The van der Waals surface area contributed by atoms with Crippen LogP contribution in [0, 0.1) is 0 Å². The molecule has 0 spiro atoms. The molecule has 1 aromatic heterocycles. The second-order valence-electron chi connectivity index (χ2n) is 10.1. The molecule has 1 unspecified atom stereocenters. The Kier molecular flexibility index (Phi) is 15.7. The van der Waals surface area contributed by atoms with Gasteiger partial charge in [-0.3, -0.25) is 9.59 Å². The van der Waals surface area contributed by atoms with Crippen molar-refractivity contribution in [3.05, 3.63) is 72.4 Å². The fraction of sp³-hybridized carbons (Fsp3) is 0.438. The summed E-state index contributed by atoms with van der Waals surface area (Å²) in [5.74, 6) is -1.09. The zero-order valence-electron chi connectivity index (χ0n) is 27.5. The van der Waals surface area contributed by atoms with Crippen LogP contribution in [0.25, 0.3) is 11.3 Å². The Labute approximate surface area is 273 Å². The maximum Gasteiger partial charge on any atom is 0.324 e. The summed E-state index contributed by atoms with van der Waals surface area (Å²) in [6.07, 6.45) is 2.98. The molecule has 4 rings (SSSR count). The first-order valence-electron chi connectivity index (χ1n) is 14.9. The Bertz CT molecular complexity index is 1410. The minimum atomic E-state index is -1.82. The fourth-order valence-corrected chi connectivity index (χ4v) is 5.49. The van der Waals surface area contributed by atoms with Crippen LogP contribution in [-0.4, -0.2) is 101 Å². The highest BCUT2D eigenvalue weighted by atomic mass is 32.2. The van der Waals surface area contributed by atoms with Crippen LogP contribution < -0.4 is 16.0 Å². The van der Waals surface area contributed by atoms with Gasteiger partial charge >= 0.3 is 5.97 Å². The lowest BCUT2D eigenvalue weighted by Crippen LogP contribution is -2.52. The number of likely N-dealkylation sites (N-methyl/N-ethyl adjacent to an activating group) is 1. The Hall–Kier alpha value is -3.95. The number of allylic oxidation sites excluding steroid dienone is 1. The van der Waals surface area contributed by atoms with Crippen LogP contribution in [0.1, 0.15) is 38.2 Å². The lowest BCUT2D eigenvalue weighted by Gasteiger charge is -2.33. The monoisotopic (exact) mass is 658 g/mol. The molecule has 14 heteroatoms. The van der Waals surface area contributed by atoms with Gasteiger partial charge in [-0.15, -0.1) is 0 Å². The minimum Gasteiger partial charge on any atom is -0.489 e. The molecule has 4 bridgehead atoms. The van der Waals surface area contributed by atoms with Crippen molar-refractivity contribution in [1.29, 1.82) is 0 Å². The standard InChI is InChI=1S/C30H40N6O7S.C2H6/c1-7-23-26(20(2)18-31-5)43-17-16-42-15-14-41-13-12-36(30(3,4)29(38)39)44(40)22-10-8-21(9-11-22)24-19-33-27(32-6)25(34-24)28(37)35-23;1-2/h7-11,19,31H,1-2,12-18H2,3-6H3,(H,32,33)(H,35,37)(H,38,39);1-2H3/b26-23-;. The van der Waals surface area contributed by atoms with Crippen LogP contribution in [0.5, 0.6) is 0 Å². The van der Waals surface area contributed by atoms with Crippen molar-refractivity contribution < 1.29 is 33.1 Å². The molecule has 46 heavy (non-hydrogen) atoms. The number of carboxylic acids is 1. The number of fused-ring (bicyclic) bond motifs is 15. The summed E-state index contributed by atoms with van der Waals surface area (Å²) < 4.78 is 32.2. The van der Waals surface area contributed by atoms with Gasteiger partial charge in [-0.25, -0.2) is 18.5 Å². The van der Waals surface area contributed by atoms with Gasteiger partial charge < -0.3 is 35.3 Å². The predicted molar refractivity (Wildman–Crippen MR) is 179 cm³/mol. The third-order valence-corrected chi connectivity index (χ3v) is 8.33. The largest absolute Gasteiger partial charge is 0.489 e. The summed E-state index contributed by atoms with van der Waals surface area (Å²) in [4.78, 5) is 34.9. The van der Waals surface area contributed by atoms with E-state index < -0.39 is 28.4 Å². The van der Waals surface area contributed by atoms with Crippen molar-refractivity contribution >= 4 is 28.7 Å². The van der Waals surface area contributed by atoms with Crippen LogP contribution in [0.3, 0.4) is 0 Å². The maximum absolute atomic E-state index is 13.6. The van der Waals surface area contributed by atoms with Crippen molar-refractivity contribution in [2.75, 3.05) is 65.5 Å². The Morgan fingerprint density at radius 1 is 1.13 bits per heavy atom. The number of ether oxygens (including phenoxy) is 3. The van der Waals surface area contributed by atoms with Gasteiger partial charge in [-0.1, -0.05) is 39.1 Å². The molecule has 3 heterocycles. The van der Waals surface area contributed by atoms with E-state index in [1.165, 1.54) is 30.4 Å². The minimum absolute atomic E-state index is 0.0236. The van der Waals surface area contributed by atoms with Crippen molar-refractivity contribution in [2.45, 2.75) is 38.1 Å². The molecule has 252 valence electrons. The molecule has 0 saturated heterocycles. The average molecular weight is 659 g/mol. The predicted octanol–water partition coefficient (Wildman–Crippen LogP) is 3.37. The number of carbonyl (C=O) groups is 2. The number of hydrogen-bond acceptors (Lipinski definition) is 10. The zero-order chi connectivity index (χ0) is 34.3. The van der Waals surface area contributed by atoms with Crippen molar-refractivity contribution in [1.82, 2.24) is 24.9 Å². The lowest BCUT2D eigenvalue weighted by molar-refractivity contribution is -0.146. The second kappa shape index (κ2) is 18.9. The van der Waals surface area contributed by atoms with E-state index in [0.717, 1.165) is 0 Å². The van der Waals surface area contributed by atoms with E-state index in [2.05, 4.69) is 39.1 Å². The molecule has 1 aromatic carbocycles. The summed E-state index contributed by atoms with van der Waals surface area (Å²) in [6, 6.07) is 6.62. The highest BCUT2D eigenvalue weighted by Gasteiger charge is 2.38. The first-order chi connectivity index (χ1) is 22.0. The normalized spacial score (nSPS) is 18.8. The number of carboxylic acid groups (broad SMARTS) is 1. The number of hydrogen-bond donors (Lipinski definition) is 4. The topological polar surface area (TPSA) is 164 Å². The smallest absolute Gasteiger partial charge is 0.324 e. The van der Waals surface area contributed by atoms with Gasteiger partial charge in [0, 0.05) is 31.3 Å². The van der Waals surface area contributed by atoms with Crippen LogP contribution in [0.2, 0.25) is 0 Å². The Balaban J connectivity index is 0.00000361. The van der Waals surface area contributed by atoms with Gasteiger partial charge in [0.05, 0.1) is 48.9 Å². The van der Waals surface area contributed by atoms with E-state index >= 15 is 0 Å². The molecule has 1 atom stereocenters. The molecule has 1 amide bonds. The van der Waals surface area contributed by atoms with Crippen molar-refractivity contribution in [3.8, 4) is 11.3 Å². The van der Waals surface area contributed by atoms with Gasteiger partial charge in [0.2, 0.25) is 0 Å². The quantitative estimate of drug-likeness (QED) is 0.323. The SMILES string of the molecule is C=C/C1=C(\C(=C)CNC)OCCOCCOCCN(C(C)(C)C(=O)O)S(=O)c2ccc(cc2)-c2cnc(NC)c(n2)C(=O)N1.CC. The number of nitrogens with zero attached hydrogens (tertiary/aromatic N) is 3. The molecule has 2 aliphatic heterocycles. The Morgan fingerprint density at radius 3 is 2.35 bits per heavy atom. The van der Waals surface area contributed by atoms with E-state index in [-0.39, 0.29) is 51.1 Å². The molecule has 2 aliphatic rings. The van der Waals surface area contributed by atoms with Gasteiger partial charge in [-0.05, 0) is 39.1 Å². The van der Waals surface area contributed by atoms with Gasteiger partial charge in [0.25, 0.3) is 5.91 Å². The van der Waals surface area contributed by atoms with E-state index in [0.29, 0.717) is 39.7 Å². The number of amides is 1. The second-order valence-corrected chi connectivity index (χ2v) is 11.5. The summed E-state index contributed by atoms with van der Waals surface area (Å²) in [5.41, 5.74) is 0.460. The number of anilines is 1. The lowest BCUT2D eigenvalue weighted by atomic mass is 10.1. The molecule has 4 N–H and O–H groups in total. The van der Waals surface area contributed by atoms with Gasteiger partial charge in [-0.2, -0.15) is 0 Å². The van der Waals surface area contributed by atoms with Gasteiger partial charge in [0.1, 0.15) is 28.9 Å². The number of aromatic nitrogens is 2. The number of rotatable bonds is 7. The third kappa shape index (κ3) is 10.0. The zero-order valence-corrected chi connectivity index (χ0v) is 28.3. The molecule has 0 aliphatic carbocycles. The van der Waals surface area contributed by atoms with E-state index in [1.54, 1.807) is 38.4 Å². The van der Waals surface area contributed by atoms with Crippen LogP contribution >= 0.6 is 0 Å². The number of aliphatic carboxylic acids is 1. The van der Waals surface area contributed by atoms with Crippen LogP contribution in [-0.2, 0) is 30.0 Å². The third-order valence-electron chi connectivity index (χ3n) is 6.62. The summed E-state index contributed by atoms with van der Waals surface area (Å²) in [5, 5.41) is 18.6. The van der Waals surface area contributed by atoms with Gasteiger partial charge in [0.15, 0.2) is 11.5 Å². The van der Waals surface area contributed by atoms with Crippen LogP contribution in [0.15, 0.2) is 71.6 Å². The van der Waals surface area contributed by atoms with E-state index in [9.17, 15) is 18.9 Å². The molecule has 2 aromatic rings. The molecular weight excluding hydrogens is 612 g/mol. The summed E-state index contributed by atoms with van der Waals surface area (Å²) in [7, 11) is 1.57. The molecule has 0 fully saturated rings. The summed E-state index contributed by atoms with van der Waals surface area (Å²) >= 11 is 0. The molecule has 0 radical (unpaired) electrons. The molecule has 0 saturated carbocycles. The average Bonchev–Trinajstić information content (AvgIpc) is 3.06. The summed E-state index contributed by atoms with van der Waals surface area (Å²) in [6.45, 7) is 16.4. The number of carbonyl (C=O) groups excluding carboxylic acids is 1. The first kappa shape index (κ1) is 38.2. The molecule has 13 nitrogen and oxygen atoms in total. The van der Waals surface area contributed by atoms with Crippen molar-refractivity contribution in [2.24, 2.45) is 0 Å². The van der Waals surface area contributed by atoms with E-state index in [4.69, 9.17) is 14.2 Å². The number of benzene rings is 1. The fourth-order valence-electron chi connectivity index (χ4n) is 4.13. The first-order valence-corrected chi connectivity index (χ1v) is 16.0. The van der Waals surface area contributed by atoms with Crippen molar-refractivity contribution in [3.63, 3.8) is 0 Å². The highest BCUT2D eigenvalue weighted by Crippen LogP contribution is 2.26. The van der Waals surface area contributed by atoms with Crippen LogP contribution in [0.4, 0.5) is 5.82 Å². The Morgan fingerprint density at radius 2 is 1.76 bits per heavy atom. The maximum atomic E-state index is 13.6.